The zero-order chi connectivity index (χ0) is 24.4. The first-order chi connectivity index (χ1) is 17.0. The second kappa shape index (κ2) is 9.71. The Morgan fingerprint density at radius 2 is 1.83 bits per heavy atom. The van der Waals surface area contributed by atoms with Crippen LogP contribution in [-0.2, 0) is 4.79 Å². The monoisotopic (exact) mass is 492 g/mol. The third kappa shape index (κ3) is 5.09. The normalized spacial score (nSPS) is 13.8. The number of nitrogens with two attached hydrogens (primary N) is 1. The molecule has 178 valence electrons. The number of halogens is 2. The van der Waals surface area contributed by atoms with Crippen LogP contribution in [0, 0.1) is 5.82 Å². The number of aromatic nitrogens is 3. The van der Waals surface area contributed by atoms with Crippen LogP contribution in [0.25, 0.3) is 22.2 Å². The minimum absolute atomic E-state index is 0.0479. The first kappa shape index (κ1) is 22.8. The summed E-state index contributed by atoms with van der Waals surface area (Å²) >= 11 is 5.88. The van der Waals surface area contributed by atoms with Gasteiger partial charge in [0.2, 0.25) is 5.95 Å². The van der Waals surface area contributed by atoms with Crippen molar-refractivity contribution in [2.24, 2.45) is 0 Å². The van der Waals surface area contributed by atoms with Gasteiger partial charge in [-0.25, -0.2) is 9.37 Å². The van der Waals surface area contributed by atoms with Gasteiger partial charge >= 0.3 is 0 Å². The Morgan fingerprint density at radius 3 is 2.57 bits per heavy atom. The molecule has 3 heterocycles. The zero-order valence-corrected chi connectivity index (χ0v) is 19.5. The third-order valence-electron chi connectivity index (χ3n) is 5.81. The number of amides is 1. The van der Waals surface area contributed by atoms with Crippen molar-refractivity contribution in [3.8, 4) is 17.0 Å². The van der Waals surface area contributed by atoms with Gasteiger partial charge in [0.1, 0.15) is 17.4 Å². The van der Waals surface area contributed by atoms with Crippen LogP contribution in [0.15, 0.2) is 60.8 Å². The molecule has 0 saturated carbocycles. The van der Waals surface area contributed by atoms with Crippen molar-refractivity contribution in [2.75, 3.05) is 43.4 Å². The minimum Gasteiger partial charge on any atom is -0.484 e. The molecule has 0 unspecified atom stereocenters. The molecule has 1 amide bonds. The molecule has 2 N–H and O–H groups in total. The highest BCUT2D eigenvalue weighted by atomic mass is 35.5. The highest BCUT2D eigenvalue weighted by molar-refractivity contribution is 6.30. The smallest absolute Gasteiger partial charge is 0.260 e. The number of hydrogen-bond donors (Lipinski definition) is 1. The number of ether oxygens (including phenoxy) is 1. The Morgan fingerprint density at radius 1 is 1.06 bits per heavy atom. The van der Waals surface area contributed by atoms with Gasteiger partial charge in [-0.3, -0.25) is 9.78 Å². The van der Waals surface area contributed by atoms with Gasteiger partial charge < -0.3 is 20.3 Å². The summed E-state index contributed by atoms with van der Waals surface area (Å²) < 4.78 is 19.3. The number of fused-ring (bicyclic) bond motifs is 1. The van der Waals surface area contributed by atoms with Gasteiger partial charge in [-0.2, -0.15) is 4.98 Å². The summed E-state index contributed by atoms with van der Waals surface area (Å²) in [6.45, 7) is 2.10. The van der Waals surface area contributed by atoms with E-state index in [2.05, 4.69) is 19.9 Å². The molecule has 8 nitrogen and oxygen atoms in total. The fourth-order valence-corrected chi connectivity index (χ4v) is 4.14. The van der Waals surface area contributed by atoms with Gasteiger partial charge in [0.05, 0.1) is 17.4 Å². The number of piperazine rings is 1. The van der Waals surface area contributed by atoms with E-state index in [0.717, 1.165) is 5.39 Å². The van der Waals surface area contributed by atoms with E-state index < -0.39 is 0 Å². The van der Waals surface area contributed by atoms with Crippen molar-refractivity contribution < 1.29 is 13.9 Å². The molecule has 1 aliphatic heterocycles. The largest absolute Gasteiger partial charge is 0.484 e. The molecule has 0 spiro atoms. The summed E-state index contributed by atoms with van der Waals surface area (Å²) in [5.41, 5.74) is 7.83. The molecule has 0 aliphatic carbocycles. The zero-order valence-electron chi connectivity index (χ0n) is 18.7. The standard InChI is InChI=1S/C25H22ClFN6O2/c26-17-4-6-19(7-5-17)35-15-23(34)32-8-10-33(11-9-32)24-20-13-21(16-2-1-3-18(27)12-16)29-14-22(20)30-25(28)31-24/h1-7,12-14H,8-11,15H2,(H2,28,30,31). The van der Waals surface area contributed by atoms with Crippen molar-refractivity contribution in [3.05, 3.63) is 71.6 Å². The Balaban J connectivity index is 1.31. The fourth-order valence-electron chi connectivity index (χ4n) is 4.02. The Labute approximate surface area is 206 Å². The number of hydrogen-bond acceptors (Lipinski definition) is 7. The Bertz CT molecular complexity index is 1380. The maximum absolute atomic E-state index is 13.7. The molecule has 35 heavy (non-hydrogen) atoms. The topological polar surface area (TPSA) is 97.5 Å². The molecule has 0 radical (unpaired) electrons. The highest BCUT2D eigenvalue weighted by Gasteiger charge is 2.24. The maximum atomic E-state index is 13.7. The van der Waals surface area contributed by atoms with Crippen LogP contribution in [0.2, 0.25) is 5.02 Å². The summed E-state index contributed by atoms with van der Waals surface area (Å²) in [5, 5.41) is 1.37. The molecule has 1 saturated heterocycles. The highest BCUT2D eigenvalue weighted by Crippen LogP contribution is 2.29. The quantitative estimate of drug-likeness (QED) is 0.452. The van der Waals surface area contributed by atoms with Gasteiger partial charge in [0.25, 0.3) is 5.91 Å². The lowest BCUT2D eigenvalue weighted by molar-refractivity contribution is -0.133. The molecule has 1 aliphatic rings. The van der Waals surface area contributed by atoms with Crippen LogP contribution in [-0.4, -0.2) is 58.5 Å². The van der Waals surface area contributed by atoms with Crippen LogP contribution in [0.1, 0.15) is 0 Å². The second-order valence-corrected chi connectivity index (χ2v) is 8.55. The van der Waals surface area contributed by atoms with Crippen LogP contribution < -0.4 is 15.4 Å². The van der Waals surface area contributed by atoms with Crippen LogP contribution in [0.5, 0.6) is 5.75 Å². The number of nitrogen functional groups attached to an aromatic ring is 1. The lowest BCUT2D eigenvalue weighted by Gasteiger charge is -2.35. The summed E-state index contributed by atoms with van der Waals surface area (Å²) in [7, 11) is 0. The lowest BCUT2D eigenvalue weighted by Crippen LogP contribution is -2.50. The van der Waals surface area contributed by atoms with Crippen molar-refractivity contribution in [3.63, 3.8) is 0 Å². The summed E-state index contributed by atoms with van der Waals surface area (Å²) in [6.07, 6.45) is 1.62. The first-order valence-electron chi connectivity index (χ1n) is 11.1. The van der Waals surface area contributed by atoms with Crippen LogP contribution in [0.3, 0.4) is 0 Å². The van der Waals surface area contributed by atoms with E-state index in [-0.39, 0.29) is 24.3 Å². The Kier molecular flexibility index (Phi) is 6.33. The van der Waals surface area contributed by atoms with Crippen molar-refractivity contribution in [1.82, 2.24) is 19.9 Å². The fraction of sp³-hybridized carbons (Fsp3) is 0.200. The molecule has 2 aromatic heterocycles. The van der Waals surface area contributed by atoms with Gasteiger partial charge in [-0.15, -0.1) is 0 Å². The van der Waals surface area contributed by atoms with Crippen LogP contribution in [0.4, 0.5) is 16.2 Å². The van der Waals surface area contributed by atoms with Crippen molar-refractivity contribution >= 4 is 40.2 Å². The van der Waals surface area contributed by atoms with Gasteiger partial charge in [0, 0.05) is 42.2 Å². The average molecular weight is 493 g/mol. The van der Waals surface area contributed by atoms with E-state index in [1.165, 1.54) is 12.1 Å². The Hall–Kier alpha value is -3.98. The minimum atomic E-state index is -0.334. The molecule has 0 bridgehead atoms. The number of anilines is 2. The molecule has 0 atom stereocenters. The number of rotatable bonds is 5. The number of carbonyl (C=O) groups excluding carboxylic acids is 1. The summed E-state index contributed by atoms with van der Waals surface area (Å²) in [5.74, 6) is 0.968. The van der Waals surface area contributed by atoms with E-state index in [4.69, 9.17) is 22.1 Å². The molecule has 4 aromatic rings. The van der Waals surface area contributed by atoms with E-state index in [0.29, 0.717) is 59.5 Å². The summed E-state index contributed by atoms with van der Waals surface area (Å²) in [6, 6.07) is 15.0. The number of nitrogens with zero attached hydrogens (tertiary/aromatic N) is 5. The first-order valence-corrected chi connectivity index (χ1v) is 11.4. The predicted molar refractivity (Wildman–Crippen MR) is 133 cm³/mol. The SMILES string of the molecule is Nc1nc(N2CCN(C(=O)COc3ccc(Cl)cc3)CC2)c2cc(-c3cccc(F)c3)ncc2n1. The van der Waals surface area contributed by atoms with Crippen molar-refractivity contribution in [1.29, 1.82) is 0 Å². The number of pyridine rings is 1. The molecule has 10 heteroatoms. The predicted octanol–water partition coefficient (Wildman–Crippen LogP) is 3.79. The van der Waals surface area contributed by atoms with E-state index in [1.54, 1.807) is 47.5 Å². The third-order valence-corrected chi connectivity index (χ3v) is 6.06. The summed E-state index contributed by atoms with van der Waals surface area (Å²) in [4.78, 5) is 29.7. The van der Waals surface area contributed by atoms with Crippen LogP contribution >= 0.6 is 11.6 Å². The number of carbonyl (C=O) groups is 1. The van der Waals surface area contributed by atoms with Crippen molar-refractivity contribution in [2.45, 2.75) is 0 Å². The lowest BCUT2D eigenvalue weighted by atomic mass is 10.1. The molecular formula is C25H22ClFN6O2. The van der Waals surface area contributed by atoms with E-state index in [1.807, 2.05) is 6.07 Å². The van der Waals surface area contributed by atoms with Gasteiger partial charge in [-0.1, -0.05) is 23.7 Å². The van der Waals surface area contributed by atoms with Gasteiger partial charge in [0.15, 0.2) is 6.61 Å². The molecular weight excluding hydrogens is 471 g/mol. The average Bonchev–Trinajstić information content (AvgIpc) is 2.87. The second-order valence-electron chi connectivity index (χ2n) is 8.11. The van der Waals surface area contributed by atoms with E-state index >= 15 is 0 Å². The van der Waals surface area contributed by atoms with E-state index in [9.17, 15) is 9.18 Å². The molecule has 2 aromatic carbocycles. The maximum Gasteiger partial charge on any atom is 0.260 e. The number of benzene rings is 2. The molecule has 1 fully saturated rings. The van der Waals surface area contributed by atoms with Gasteiger partial charge in [-0.05, 0) is 42.5 Å². The molecule has 5 rings (SSSR count).